The molecule has 0 saturated heterocycles. The molecule has 2 aromatic rings. The molecule has 5 heteroatoms. The van der Waals surface area contributed by atoms with Gasteiger partial charge in [0.2, 0.25) is 5.13 Å². The van der Waals surface area contributed by atoms with Gasteiger partial charge in [-0.05, 0) is 25.0 Å². The van der Waals surface area contributed by atoms with Crippen molar-refractivity contribution in [3.05, 3.63) is 35.3 Å². The summed E-state index contributed by atoms with van der Waals surface area (Å²) in [5, 5.41) is 23.4. The number of aromatic nitrogens is 2. The fourth-order valence-electron chi connectivity index (χ4n) is 2.48. The minimum Gasteiger partial charge on any atom is -0.392 e. The lowest BCUT2D eigenvalue weighted by molar-refractivity contribution is 0.106. The second-order valence-electron chi connectivity index (χ2n) is 4.89. The van der Waals surface area contributed by atoms with Crippen LogP contribution in [0, 0.1) is 0 Å². The largest absolute Gasteiger partial charge is 0.392 e. The Kier molecular flexibility index (Phi) is 3.75. The number of aliphatic hydroxyl groups excluding tert-OH is 1. The quantitative estimate of drug-likeness (QED) is 0.902. The Morgan fingerprint density at radius 1 is 1.11 bits per heavy atom. The number of rotatable bonds is 3. The van der Waals surface area contributed by atoms with E-state index in [1.165, 1.54) is 6.42 Å². The van der Waals surface area contributed by atoms with Gasteiger partial charge in [0.05, 0.1) is 6.10 Å². The minimum atomic E-state index is -0.258. The molecule has 0 radical (unpaired) electrons. The van der Waals surface area contributed by atoms with E-state index >= 15 is 0 Å². The molecule has 4 nitrogen and oxygen atoms in total. The summed E-state index contributed by atoms with van der Waals surface area (Å²) in [4.78, 5) is 0. The smallest absolute Gasteiger partial charge is 0.210 e. The normalized spacial score (nSPS) is 23.2. The maximum absolute atomic E-state index is 10.0. The van der Waals surface area contributed by atoms with Gasteiger partial charge in [0.25, 0.3) is 0 Å². The van der Waals surface area contributed by atoms with Crippen LogP contribution < -0.4 is 5.32 Å². The maximum atomic E-state index is 10.0. The van der Waals surface area contributed by atoms with Gasteiger partial charge in [-0.1, -0.05) is 42.4 Å². The summed E-state index contributed by atoms with van der Waals surface area (Å²) in [5.41, 5.74) is 1.01. The molecule has 1 saturated carbocycles. The Balaban J connectivity index is 1.72. The monoisotopic (exact) mass is 275 g/mol. The molecular formula is C14H17N3OS. The van der Waals surface area contributed by atoms with Crippen LogP contribution in [0.1, 0.15) is 36.6 Å². The van der Waals surface area contributed by atoms with Gasteiger partial charge in [0.15, 0.2) is 0 Å². The molecular weight excluding hydrogens is 258 g/mol. The number of benzene rings is 1. The Morgan fingerprint density at radius 3 is 2.68 bits per heavy atom. The van der Waals surface area contributed by atoms with E-state index in [1.54, 1.807) is 11.3 Å². The Labute approximate surface area is 116 Å². The van der Waals surface area contributed by atoms with E-state index < -0.39 is 0 Å². The van der Waals surface area contributed by atoms with Crippen LogP contribution in [0.5, 0.6) is 0 Å². The lowest BCUT2D eigenvalue weighted by atomic mass is 9.87. The fraction of sp³-hybridized carbons (Fsp3) is 0.429. The topological polar surface area (TPSA) is 58.0 Å². The summed E-state index contributed by atoms with van der Waals surface area (Å²) in [5.74, 6) is 0.164. The minimum absolute atomic E-state index is 0.164. The predicted octanol–water partition coefficient (Wildman–Crippen LogP) is 3.30. The van der Waals surface area contributed by atoms with E-state index in [4.69, 9.17) is 0 Å². The highest BCUT2D eigenvalue weighted by Gasteiger charge is 2.27. The van der Waals surface area contributed by atoms with Gasteiger partial charge < -0.3 is 10.4 Å². The van der Waals surface area contributed by atoms with Crippen LogP contribution in [0.15, 0.2) is 30.3 Å². The van der Waals surface area contributed by atoms with Crippen molar-refractivity contribution in [1.82, 2.24) is 10.2 Å². The zero-order valence-corrected chi connectivity index (χ0v) is 11.4. The molecule has 2 atom stereocenters. The number of hydrogen-bond donors (Lipinski definition) is 2. The highest BCUT2D eigenvalue weighted by atomic mass is 32.1. The van der Waals surface area contributed by atoms with E-state index in [0.29, 0.717) is 0 Å². The van der Waals surface area contributed by atoms with E-state index in [9.17, 15) is 5.11 Å². The molecule has 1 fully saturated rings. The molecule has 19 heavy (non-hydrogen) atoms. The van der Waals surface area contributed by atoms with Crippen molar-refractivity contribution >= 4 is 22.2 Å². The summed E-state index contributed by atoms with van der Waals surface area (Å²) in [6, 6.07) is 9.94. The molecule has 2 N–H and O–H groups in total. The maximum Gasteiger partial charge on any atom is 0.210 e. The number of nitrogens with one attached hydrogen (secondary N) is 1. The molecule has 1 aliphatic rings. The molecule has 0 bridgehead atoms. The number of hydrogen-bond acceptors (Lipinski definition) is 5. The van der Waals surface area contributed by atoms with Crippen molar-refractivity contribution in [3.8, 4) is 0 Å². The zero-order chi connectivity index (χ0) is 13.1. The highest BCUT2D eigenvalue weighted by molar-refractivity contribution is 7.15. The lowest BCUT2D eigenvalue weighted by Gasteiger charge is -2.25. The van der Waals surface area contributed by atoms with E-state index in [0.717, 1.165) is 35.1 Å². The molecule has 3 rings (SSSR count). The third kappa shape index (κ3) is 2.93. The van der Waals surface area contributed by atoms with E-state index in [2.05, 4.69) is 15.5 Å². The SMILES string of the molecule is O[C@@H]1CCCC[C@@H]1c1nnc(Nc2ccccc2)s1. The first-order valence-electron chi connectivity index (χ1n) is 6.66. The number of aliphatic hydroxyl groups is 1. The van der Waals surface area contributed by atoms with Gasteiger partial charge in [0.1, 0.15) is 5.01 Å². The zero-order valence-electron chi connectivity index (χ0n) is 10.6. The molecule has 1 aliphatic carbocycles. The van der Waals surface area contributed by atoms with Crippen molar-refractivity contribution in [1.29, 1.82) is 0 Å². The summed E-state index contributed by atoms with van der Waals surface area (Å²) in [6.07, 6.45) is 3.92. The van der Waals surface area contributed by atoms with Crippen molar-refractivity contribution in [2.45, 2.75) is 37.7 Å². The Bertz CT molecular complexity index is 528. The lowest BCUT2D eigenvalue weighted by Crippen LogP contribution is -2.22. The molecule has 1 heterocycles. The first kappa shape index (κ1) is 12.6. The van der Waals surface area contributed by atoms with Crippen molar-refractivity contribution in [2.75, 3.05) is 5.32 Å². The van der Waals surface area contributed by atoms with Crippen LogP contribution in [-0.2, 0) is 0 Å². The number of para-hydroxylation sites is 1. The Hall–Kier alpha value is -1.46. The van der Waals surface area contributed by atoms with Crippen LogP contribution >= 0.6 is 11.3 Å². The first-order valence-corrected chi connectivity index (χ1v) is 7.48. The summed E-state index contributed by atoms with van der Waals surface area (Å²) < 4.78 is 0. The van der Waals surface area contributed by atoms with Gasteiger partial charge in [-0.15, -0.1) is 10.2 Å². The summed E-state index contributed by atoms with van der Waals surface area (Å²) >= 11 is 1.54. The number of anilines is 2. The summed E-state index contributed by atoms with van der Waals surface area (Å²) in [7, 11) is 0. The standard InChI is InChI=1S/C14H17N3OS/c18-12-9-5-4-8-11(12)13-16-17-14(19-13)15-10-6-2-1-3-7-10/h1-3,6-7,11-12,18H,4-5,8-9H2,(H,15,17)/t11-,12+/m0/s1. The van der Waals surface area contributed by atoms with Crippen molar-refractivity contribution < 1.29 is 5.11 Å². The Morgan fingerprint density at radius 2 is 1.89 bits per heavy atom. The van der Waals surface area contributed by atoms with Crippen LogP contribution in [0.4, 0.5) is 10.8 Å². The molecule has 0 aliphatic heterocycles. The molecule has 0 unspecified atom stereocenters. The van der Waals surface area contributed by atoms with Crippen molar-refractivity contribution in [2.24, 2.45) is 0 Å². The average molecular weight is 275 g/mol. The van der Waals surface area contributed by atoms with Gasteiger partial charge >= 0.3 is 0 Å². The van der Waals surface area contributed by atoms with Gasteiger partial charge in [-0.25, -0.2) is 0 Å². The summed E-state index contributed by atoms with van der Waals surface area (Å²) in [6.45, 7) is 0. The van der Waals surface area contributed by atoms with Gasteiger partial charge in [-0.3, -0.25) is 0 Å². The predicted molar refractivity (Wildman–Crippen MR) is 76.8 cm³/mol. The van der Waals surface area contributed by atoms with Crippen LogP contribution in [0.2, 0.25) is 0 Å². The van der Waals surface area contributed by atoms with Crippen LogP contribution in [-0.4, -0.2) is 21.4 Å². The molecule has 100 valence electrons. The van der Waals surface area contributed by atoms with E-state index in [-0.39, 0.29) is 12.0 Å². The van der Waals surface area contributed by atoms with Crippen molar-refractivity contribution in [3.63, 3.8) is 0 Å². The molecule has 0 spiro atoms. The fourth-order valence-corrected chi connectivity index (χ4v) is 3.44. The second-order valence-corrected chi connectivity index (χ2v) is 5.90. The van der Waals surface area contributed by atoms with E-state index in [1.807, 2.05) is 30.3 Å². The molecule has 1 aromatic heterocycles. The third-order valence-electron chi connectivity index (χ3n) is 3.51. The van der Waals surface area contributed by atoms with Crippen LogP contribution in [0.25, 0.3) is 0 Å². The third-order valence-corrected chi connectivity index (χ3v) is 4.48. The van der Waals surface area contributed by atoms with Crippen LogP contribution in [0.3, 0.4) is 0 Å². The average Bonchev–Trinajstić information content (AvgIpc) is 2.89. The van der Waals surface area contributed by atoms with Gasteiger partial charge in [0, 0.05) is 11.6 Å². The highest BCUT2D eigenvalue weighted by Crippen LogP contribution is 2.36. The molecule has 1 aromatic carbocycles. The number of nitrogens with zero attached hydrogens (tertiary/aromatic N) is 2. The molecule has 0 amide bonds. The second kappa shape index (κ2) is 5.67. The van der Waals surface area contributed by atoms with Gasteiger partial charge in [-0.2, -0.15) is 0 Å². The first-order chi connectivity index (χ1) is 9.33.